The Labute approximate surface area is 157 Å². The fourth-order valence-electron chi connectivity index (χ4n) is 2.81. The van der Waals surface area contributed by atoms with E-state index in [2.05, 4.69) is 0 Å². The highest BCUT2D eigenvalue weighted by atomic mass is 35.5. The van der Waals surface area contributed by atoms with Crippen LogP contribution in [0.1, 0.15) is 0 Å². The maximum Gasteiger partial charge on any atom is 0.372 e. The molecule has 0 N–H and O–H groups in total. The summed E-state index contributed by atoms with van der Waals surface area (Å²) >= 11 is 0. The lowest BCUT2D eigenvalue weighted by atomic mass is 10.1. The van der Waals surface area contributed by atoms with Crippen LogP contribution in [0.5, 0.6) is 11.5 Å². The zero-order valence-electron chi connectivity index (χ0n) is 13.6. The first-order valence-corrected chi connectivity index (χ1v) is 9.24. The molecule has 0 heterocycles. The molecule has 6 heteroatoms. The Morgan fingerprint density at radius 2 is 1.00 bits per heavy atom. The second-order valence-corrected chi connectivity index (χ2v) is 6.84. The van der Waals surface area contributed by atoms with Crippen molar-refractivity contribution in [3.05, 3.63) is 84.9 Å². The quantitative estimate of drug-likeness (QED) is 0.488. The Morgan fingerprint density at radius 3 is 1.46 bits per heavy atom. The Hall–Kier alpha value is -2.52. The second-order valence-electron chi connectivity index (χ2n) is 5.58. The molecule has 0 amide bonds. The minimum Gasteiger partial charge on any atom is -0.736 e. The van der Waals surface area contributed by atoms with Gasteiger partial charge in [-0.3, -0.25) is 0 Å². The van der Waals surface area contributed by atoms with Crippen LogP contribution < -0.4 is 13.9 Å². The van der Waals surface area contributed by atoms with E-state index in [-0.39, 0.29) is 23.9 Å². The lowest BCUT2D eigenvalue weighted by Crippen LogP contribution is -2.13. The van der Waals surface area contributed by atoms with Crippen molar-refractivity contribution in [3.63, 3.8) is 0 Å². The number of phosphoric acid groups is 1. The molecule has 0 spiro atoms. The van der Waals surface area contributed by atoms with Gasteiger partial charge in [-0.15, -0.1) is 0 Å². The first-order valence-electron chi connectivity index (χ1n) is 7.78. The third-order valence-electron chi connectivity index (χ3n) is 3.92. The summed E-state index contributed by atoms with van der Waals surface area (Å²) in [6, 6.07) is 25.3. The molecule has 0 saturated carbocycles. The molecule has 4 aromatic carbocycles. The van der Waals surface area contributed by atoms with Gasteiger partial charge in [-0.05, 0) is 22.9 Å². The van der Waals surface area contributed by atoms with Crippen LogP contribution in [0, 0.1) is 12.4 Å². The summed E-state index contributed by atoms with van der Waals surface area (Å²) in [7, 11) is -4.60. The summed E-state index contributed by atoms with van der Waals surface area (Å²) < 4.78 is 22.9. The Balaban J connectivity index is 0.00000196. The molecule has 4 nitrogen and oxygen atoms in total. The molecule has 0 unspecified atom stereocenters. The van der Waals surface area contributed by atoms with Crippen molar-refractivity contribution in [2.45, 2.75) is 0 Å². The van der Waals surface area contributed by atoms with Crippen molar-refractivity contribution < 1.29 is 30.9 Å². The second kappa shape index (κ2) is 7.38. The maximum absolute atomic E-state index is 12.4. The van der Waals surface area contributed by atoms with Gasteiger partial charge in [0.2, 0.25) is 0 Å². The van der Waals surface area contributed by atoms with Crippen LogP contribution in [0.4, 0.5) is 0 Å². The number of hydrogen-bond donors (Lipinski definition) is 0. The topological polar surface area (TPSA) is 58.6 Å². The maximum atomic E-state index is 12.4. The standard InChI is InChI=1S/C20H15O4P.ClH2/c21-25(22,23-19-13-5-9-15-7-1-3-11-17(15)19)24-20-14-6-10-16-8-2-4-12-18(16)20;/h1-14H,(H,21,22);1H2/q;+1/p-1. The van der Waals surface area contributed by atoms with E-state index in [0.29, 0.717) is 10.8 Å². The van der Waals surface area contributed by atoms with E-state index >= 15 is 0 Å². The van der Waals surface area contributed by atoms with E-state index in [4.69, 9.17) is 9.05 Å². The summed E-state index contributed by atoms with van der Waals surface area (Å²) in [5.41, 5.74) is 0. The zero-order chi connectivity index (χ0) is 17.3. The first-order chi connectivity index (χ1) is 12.1. The van der Waals surface area contributed by atoms with E-state index < -0.39 is 7.82 Å². The van der Waals surface area contributed by atoms with Crippen LogP contribution in [0.2, 0.25) is 0 Å². The molecule has 132 valence electrons. The SMILES string of the molecule is O=P([O-])(Oc1cccc2ccccc12)Oc1cccc2ccccc12.[ClH2+]. The predicted molar refractivity (Wildman–Crippen MR) is 99.5 cm³/mol. The number of halogens is 1. The van der Waals surface area contributed by atoms with E-state index in [0.717, 1.165) is 10.8 Å². The van der Waals surface area contributed by atoms with Gasteiger partial charge in [0.15, 0.2) is 0 Å². The molecule has 0 bridgehead atoms. The largest absolute Gasteiger partial charge is 0.736 e. The van der Waals surface area contributed by atoms with Crippen LogP contribution in [0.25, 0.3) is 21.5 Å². The smallest absolute Gasteiger partial charge is 0.372 e. The highest BCUT2D eigenvalue weighted by molar-refractivity contribution is 7.46. The van der Waals surface area contributed by atoms with Crippen molar-refractivity contribution in [1.82, 2.24) is 0 Å². The van der Waals surface area contributed by atoms with Gasteiger partial charge < -0.3 is 13.9 Å². The molecule has 0 aliphatic rings. The van der Waals surface area contributed by atoms with Crippen LogP contribution >= 0.6 is 7.82 Å². The third-order valence-corrected chi connectivity index (χ3v) is 4.76. The molecule has 26 heavy (non-hydrogen) atoms. The van der Waals surface area contributed by atoms with Crippen LogP contribution in [-0.2, 0) is 4.57 Å². The van der Waals surface area contributed by atoms with E-state index in [1.54, 1.807) is 24.3 Å². The normalized spacial score (nSPS) is 11.1. The zero-order valence-corrected chi connectivity index (χ0v) is 15.4. The number of rotatable bonds is 4. The van der Waals surface area contributed by atoms with Crippen molar-refractivity contribution in [3.8, 4) is 11.5 Å². The van der Waals surface area contributed by atoms with E-state index in [1.807, 2.05) is 60.7 Å². The highest BCUT2D eigenvalue weighted by Gasteiger charge is 2.16. The number of phosphoric ester groups is 1. The Bertz CT molecular complexity index is 1020. The minimum absolute atomic E-state index is 0. The lowest BCUT2D eigenvalue weighted by Gasteiger charge is -2.25. The van der Waals surface area contributed by atoms with Gasteiger partial charge in [-0.2, -0.15) is 0 Å². The molecule has 0 aliphatic heterocycles. The molecule has 0 saturated heterocycles. The fraction of sp³-hybridized carbons (Fsp3) is 0. The van der Waals surface area contributed by atoms with Gasteiger partial charge in [0.1, 0.15) is 11.5 Å². The fourth-order valence-corrected chi connectivity index (χ4v) is 3.65. The molecular weight excluding hydrogens is 371 g/mol. The summed E-state index contributed by atoms with van der Waals surface area (Å²) in [6.07, 6.45) is 0. The van der Waals surface area contributed by atoms with Crippen LogP contribution in [0.3, 0.4) is 0 Å². The first kappa shape index (κ1) is 18.3. The minimum atomic E-state index is -4.60. The predicted octanol–water partition coefficient (Wildman–Crippen LogP) is 4.38. The van der Waals surface area contributed by atoms with Gasteiger partial charge in [0.25, 0.3) is 0 Å². The van der Waals surface area contributed by atoms with Gasteiger partial charge in [-0.25, -0.2) is 4.57 Å². The van der Waals surface area contributed by atoms with Crippen LogP contribution in [0.15, 0.2) is 84.9 Å². The number of fused-ring (bicyclic) bond motifs is 2. The molecule has 0 radical (unpaired) electrons. The molecular formula is C20H16ClO4P. The number of benzene rings is 4. The molecule has 4 rings (SSSR count). The summed E-state index contributed by atoms with van der Waals surface area (Å²) in [6.45, 7) is 0. The van der Waals surface area contributed by atoms with E-state index in [1.165, 1.54) is 0 Å². The monoisotopic (exact) mass is 386 g/mol. The Kier molecular flexibility index (Phi) is 5.19. The van der Waals surface area contributed by atoms with Crippen molar-refractivity contribution in [2.75, 3.05) is 0 Å². The molecule has 0 aliphatic carbocycles. The molecule has 0 atom stereocenters. The van der Waals surface area contributed by atoms with E-state index in [9.17, 15) is 9.46 Å². The van der Waals surface area contributed by atoms with Crippen molar-refractivity contribution >= 4 is 29.4 Å². The van der Waals surface area contributed by atoms with Gasteiger partial charge in [0.05, 0.1) is 12.4 Å². The average Bonchev–Trinajstić information content (AvgIpc) is 2.62. The van der Waals surface area contributed by atoms with Gasteiger partial charge in [-0.1, -0.05) is 72.8 Å². The Morgan fingerprint density at radius 1 is 0.615 bits per heavy atom. The average molecular weight is 387 g/mol. The van der Waals surface area contributed by atoms with Gasteiger partial charge >= 0.3 is 7.82 Å². The molecule has 0 fully saturated rings. The van der Waals surface area contributed by atoms with Crippen molar-refractivity contribution in [1.29, 1.82) is 0 Å². The molecule has 0 aromatic heterocycles. The molecule has 4 aromatic rings. The van der Waals surface area contributed by atoms with Crippen LogP contribution in [-0.4, -0.2) is 0 Å². The summed E-state index contributed by atoms with van der Waals surface area (Å²) in [4.78, 5) is 12.4. The number of hydrogen-bond acceptors (Lipinski definition) is 4. The highest BCUT2D eigenvalue weighted by Crippen LogP contribution is 2.44. The van der Waals surface area contributed by atoms with Gasteiger partial charge in [0, 0.05) is 10.8 Å². The lowest BCUT2D eigenvalue weighted by molar-refractivity contribution is -0.208. The summed E-state index contributed by atoms with van der Waals surface area (Å²) in [5.74, 6) is 0.494. The third kappa shape index (κ3) is 3.68. The van der Waals surface area contributed by atoms with Crippen molar-refractivity contribution in [2.24, 2.45) is 0 Å². The summed E-state index contributed by atoms with van der Waals surface area (Å²) in [5, 5.41) is 3.21.